The molecule has 3 aromatic rings. The van der Waals surface area contributed by atoms with Crippen molar-refractivity contribution in [3.8, 4) is 11.5 Å². The molecule has 10 heteroatoms. The second kappa shape index (κ2) is 9.92. The third kappa shape index (κ3) is 5.11. The summed E-state index contributed by atoms with van der Waals surface area (Å²) in [6.07, 6.45) is 2.31. The highest BCUT2D eigenvalue weighted by molar-refractivity contribution is 6.31. The predicted molar refractivity (Wildman–Crippen MR) is 126 cm³/mol. The molecule has 0 bridgehead atoms. The zero-order valence-corrected chi connectivity index (χ0v) is 19.6. The van der Waals surface area contributed by atoms with Gasteiger partial charge < -0.3 is 20.7 Å². The molecule has 0 aliphatic carbocycles. The third-order valence-electron chi connectivity index (χ3n) is 5.60. The summed E-state index contributed by atoms with van der Waals surface area (Å²) in [5.74, 6) is 0.276. The summed E-state index contributed by atoms with van der Waals surface area (Å²) in [5, 5.41) is 21.2. The Kier molecular flexibility index (Phi) is 6.97. The van der Waals surface area contributed by atoms with E-state index < -0.39 is 12.0 Å². The van der Waals surface area contributed by atoms with E-state index >= 15 is 0 Å². The van der Waals surface area contributed by atoms with Gasteiger partial charge in [-0.15, -0.1) is 0 Å². The van der Waals surface area contributed by atoms with Crippen LogP contribution in [0, 0.1) is 19.7 Å². The zero-order chi connectivity index (χ0) is 24.4. The Labute approximate surface area is 201 Å². The van der Waals surface area contributed by atoms with E-state index in [4.69, 9.17) is 22.1 Å². The smallest absolute Gasteiger partial charge is 0.158 e. The fourth-order valence-corrected chi connectivity index (χ4v) is 3.92. The fourth-order valence-electron chi connectivity index (χ4n) is 3.83. The standard InChI is InChI=1S/C24H25ClFN5O3/c1-13-22(25)14(2)30-23(29-13)19-11-31(12-20(19)27)24(33)18-4-3-16(26)8-21(18)34-6-5-15-7-17(32)10-28-9-15/h3-4,7-10,24,32-33H,5-6,11-12,27H2,1-2H3. The number of nitrogens with zero attached hydrogens (tertiary/aromatic N) is 4. The number of pyridine rings is 1. The molecule has 2 aromatic heterocycles. The van der Waals surface area contributed by atoms with E-state index in [2.05, 4.69) is 15.0 Å². The summed E-state index contributed by atoms with van der Waals surface area (Å²) >= 11 is 6.19. The first-order valence-corrected chi connectivity index (χ1v) is 11.1. The first-order chi connectivity index (χ1) is 16.2. The van der Waals surface area contributed by atoms with Gasteiger partial charge in [0.25, 0.3) is 0 Å². The van der Waals surface area contributed by atoms with Crippen LogP contribution in [0.15, 0.2) is 42.4 Å². The molecule has 178 valence electrons. The lowest BCUT2D eigenvalue weighted by Crippen LogP contribution is -2.28. The number of benzene rings is 1. The second-order valence-corrected chi connectivity index (χ2v) is 8.52. The van der Waals surface area contributed by atoms with Crippen molar-refractivity contribution in [3.63, 3.8) is 0 Å². The van der Waals surface area contributed by atoms with Crippen LogP contribution in [0.3, 0.4) is 0 Å². The van der Waals surface area contributed by atoms with E-state index in [-0.39, 0.29) is 24.7 Å². The maximum Gasteiger partial charge on any atom is 0.158 e. The van der Waals surface area contributed by atoms with Gasteiger partial charge in [0.1, 0.15) is 23.5 Å². The molecule has 0 fully saturated rings. The number of aliphatic hydroxyl groups excluding tert-OH is 1. The van der Waals surface area contributed by atoms with Crippen LogP contribution in [0.1, 0.15) is 34.6 Å². The van der Waals surface area contributed by atoms with E-state index in [1.54, 1.807) is 31.0 Å². The Morgan fingerprint density at radius 2 is 1.91 bits per heavy atom. The number of aromatic hydroxyl groups is 1. The minimum Gasteiger partial charge on any atom is -0.506 e. The molecule has 0 saturated heterocycles. The normalized spacial score (nSPS) is 15.1. The molecule has 34 heavy (non-hydrogen) atoms. The van der Waals surface area contributed by atoms with Gasteiger partial charge >= 0.3 is 0 Å². The molecule has 0 amide bonds. The average molecular weight is 486 g/mol. The summed E-state index contributed by atoms with van der Waals surface area (Å²) in [5.41, 5.74) is 10.0. The molecule has 1 atom stereocenters. The number of aromatic nitrogens is 3. The molecule has 1 aliphatic heterocycles. The van der Waals surface area contributed by atoms with E-state index in [9.17, 15) is 14.6 Å². The van der Waals surface area contributed by atoms with Crippen molar-refractivity contribution in [3.05, 3.63) is 81.5 Å². The van der Waals surface area contributed by atoms with Crippen molar-refractivity contribution in [1.29, 1.82) is 0 Å². The summed E-state index contributed by atoms with van der Waals surface area (Å²) in [4.78, 5) is 14.6. The lowest BCUT2D eigenvalue weighted by molar-refractivity contribution is 0.0202. The molecule has 0 radical (unpaired) electrons. The highest BCUT2D eigenvalue weighted by Gasteiger charge is 2.30. The molecular weight excluding hydrogens is 461 g/mol. The highest BCUT2D eigenvalue weighted by atomic mass is 35.5. The fraction of sp³-hybridized carbons (Fsp3) is 0.292. The van der Waals surface area contributed by atoms with Gasteiger partial charge in [0.05, 0.1) is 29.2 Å². The topological polar surface area (TPSA) is 118 Å². The van der Waals surface area contributed by atoms with Gasteiger partial charge in [-0.05, 0) is 37.6 Å². The lowest BCUT2D eigenvalue weighted by Gasteiger charge is -2.25. The van der Waals surface area contributed by atoms with Gasteiger partial charge in [-0.1, -0.05) is 11.6 Å². The average Bonchev–Trinajstić information content (AvgIpc) is 3.18. The molecule has 1 aromatic carbocycles. The van der Waals surface area contributed by atoms with Gasteiger partial charge in [-0.3, -0.25) is 9.88 Å². The quantitative estimate of drug-likeness (QED) is 0.466. The highest BCUT2D eigenvalue weighted by Crippen LogP contribution is 2.34. The molecule has 1 aliphatic rings. The van der Waals surface area contributed by atoms with Crippen LogP contribution in [0.4, 0.5) is 4.39 Å². The van der Waals surface area contributed by atoms with Crippen molar-refractivity contribution >= 4 is 17.2 Å². The second-order valence-electron chi connectivity index (χ2n) is 8.15. The Bertz CT molecular complexity index is 1230. The van der Waals surface area contributed by atoms with Crippen LogP contribution in [0.5, 0.6) is 11.5 Å². The van der Waals surface area contributed by atoms with Gasteiger partial charge in [0.2, 0.25) is 0 Å². The number of nitrogens with two attached hydrogens (primary N) is 1. The monoisotopic (exact) mass is 485 g/mol. The SMILES string of the molecule is Cc1nc(C2=C(N)CN(C(O)c3ccc(F)cc3OCCc3cncc(O)c3)C2)nc(C)c1Cl. The Morgan fingerprint density at radius 3 is 2.62 bits per heavy atom. The molecule has 4 N–H and O–H groups in total. The number of halogens is 2. The Balaban J connectivity index is 1.49. The number of ether oxygens (including phenoxy) is 1. The maximum absolute atomic E-state index is 14.0. The molecule has 4 rings (SSSR count). The van der Waals surface area contributed by atoms with Crippen LogP contribution in [-0.2, 0) is 6.42 Å². The molecule has 1 unspecified atom stereocenters. The first kappa shape index (κ1) is 23.9. The number of rotatable bonds is 7. The predicted octanol–water partition coefficient (Wildman–Crippen LogP) is 3.28. The summed E-state index contributed by atoms with van der Waals surface area (Å²) in [7, 11) is 0. The number of hydrogen-bond donors (Lipinski definition) is 3. The Hall–Kier alpha value is -3.27. The van der Waals surface area contributed by atoms with Crippen molar-refractivity contribution < 1.29 is 19.3 Å². The molecule has 0 saturated carbocycles. The van der Waals surface area contributed by atoms with Crippen LogP contribution >= 0.6 is 11.6 Å². The zero-order valence-electron chi connectivity index (χ0n) is 18.8. The Morgan fingerprint density at radius 1 is 1.18 bits per heavy atom. The van der Waals surface area contributed by atoms with E-state index in [1.807, 2.05) is 0 Å². The van der Waals surface area contributed by atoms with E-state index in [0.717, 1.165) is 5.56 Å². The summed E-state index contributed by atoms with van der Waals surface area (Å²) < 4.78 is 19.8. The lowest BCUT2D eigenvalue weighted by atomic mass is 10.1. The van der Waals surface area contributed by atoms with Crippen molar-refractivity contribution in [2.45, 2.75) is 26.5 Å². The van der Waals surface area contributed by atoms with Crippen LogP contribution in [0.25, 0.3) is 5.57 Å². The number of aliphatic hydroxyl groups is 1. The summed E-state index contributed by atoms with van der Waals surface area (Å²) in [6, 6.07) is 5.59. The van der Waals surface area contributed by atoms with E-state index in [0.29, 0.717) is 52.0 Å². The van der Waals surface area contributed by atoms with Crippen LogP contribution < -0.4 is 10.5 Å². The number of hydrogen-bond acceptors (Lipinski definition) is 8. The molecule has 0 spiro atoms. The minimum atomic E-state index is -1.09. The van der Waals surface area contributed by atoms with Crippen LogP contribution in [0.2, 0.25) is 5.02 Å². The van der Waals surface area contributed by atoms with Gasteiger partial charge in [-0.25, -0.2) is 14.4 Å². The molecule has 8 nitrogen and oxygen atoms in total. The molecular formula is C24H25ClFN5O3. The van der Waals surface area contributed by atoms with Gasteiger partial charge in [0, 0.05) is 48.6 Å². The minimum absolute atomic E-state index is 0.0596. The summed E-state index contributed by atoms with van der Waals surface area (Å²) in [6.45, 7) is 4.39. The number of aryl methyl sites for hydroxylation is 2. The third-order valence-corrected chi connectivity index (χ3v) is 6.15. The van der Waals surface area contributed by atoms with Crippen molar-refractivity contribution in [1.82, 2.24) is 19.9 Å². The van der Waals surface area contributed by atoms with Crippen molar-refractivity contribution in [2.24, 2.45) is 5.73 Å². The van der Waals surface area contributed by atoms with Crippen molar-refractivity contribution in [2.75, 3.05) is 19.7 Å². The largest absolute Gasteiger partial charge is 0.506 e. The van der Waals surface area contributed by atoms with E-state index in [1.165, 1.54) is 24.4 Å². The van der Waals surface area contributed by atoms with Gasteiger partial charge in [0.15, 0.2) is 5.82 Å². The molecule has 3 heterocycles. The van der Waals surface area contributed by atoms with Gasteiger partial charge in [-0.2, -0.15) is 0 Å². The first-order valence-electron chi connectivity index (χ1n) is 10.7. The van der Waals surface area contributed by atoms with Crippen LogP contribution in [-0.4, -0.2) is 49.8 Å². The maximum atomic E-state index is 14.0.